The summed E-state index contributed by atoms with van der Waals surface area (Å²) in [5.74, 6) is -0.187. The van der Waals surface area contributed by atoms with Crippen LogP contribution in [0.4, 0.5) is 11.4 Å². The number of hydrogen-bond acceptors (Lipinski definition) is 4. The van der Waals surface area contributed by atoms with Crippen molar-refractivity contribution in [1.82, 2.24) is 14.9 Å². The molecule has 1 saturated heterocycles. The van der Waals surface area contributed by atoms with Crippen molar-refractivity contribution in [3.8, 4) is 0 Å². The molecule has 4 rings (SSSR count). The van der Waals surface area contributed by atoms with E-state index in [1.165, 1.54) is 7.11 Å². The second kappa shape index (κ2) is 9.56. The minimum absolute atomic E-state index is 0.0138. The first-order valence-corrected chi connectivity index (χ1v) is 11.7. The fourth-order valence-corrected chi connectivity index (χ4v) is 4.58. The van der Waals surface area contributed by atoms with Crippen LogP contribution in [0.2, 0.25) is 0 Å². The van der Waals surface area contributed by atoms with Crippen LogP contribution in [0.15, 0.2) is 61.1 Å². The summed E-state index contributed by atoms with van der Waals surface area (Å²) < 4.78 is 7.14. The Bertz CT molecular complexity index is 1190. The largest absolute Gasteiger partial charge is 0.375 e. The number of benzene rings is 1. The Morgan fingerprint density at radius 1 is 1.24 bits per heavy atom. The van der Waals surface area contributed by atoms with E-state index in [9.17, 15) is 4.79 Å². The lowest BCUT2D eigenvalue weighted by Gasteiger charge is -2.28. The third-order valence-corrected chi connectivity index (χ3v) is 6.28. The maximum atomic E-state index is 12.0. The topological polar surface area (TPSA) is 71.4 Å². The van der Waals surface area contributed by atoms with Gasteiger partial charge in [-0.15, -0.1) is 0 Å². The molecule has 2 atom stereocenters. The SMILES string of the molecule is COCC(=O)Nc1ccc(N2C(=S)N[C@@H](c3ccccn3)[C@H]2c2ccn(C(C)(C)C)c2)cc1C. The lowest BCUT2D eigenvalue weighted by molar-refractivity contribution is -0.119. The van der Waals surface area contributed by atoms with E-state index in [2.05, 4.69) is 64.3 Å². The van der Waals surface area contributed by atoms with Gasteiger partial charge in [0, 0.05) is 42.6 Å². The molecule has 2 N–H and O–H groups in total. The van der Waals surface area contributed by atoms with Crippen molar-refractivity contribution in [1.29, 1.82) is 0 Å². The third-order valence-electron chi connectivity index (χ3n) is 5.97. The lowest BCUT2D eigenvalue weighted by atomic mass is 9.98. The maximum absolute atomic E-state index is 12.0. The predicted octanol–water partition coefficient (Wildman–Crippen LogP) is 4.71. The summed E-state index contributed by atoms with van der Waals surface area (Å²) in [6, 6.07) is 13.8. The summed E-state index contributed by atoms with van der Waals surface area (Å²) in [6.07, 6.45) is 6.11. The number of amides is 1. The van der Waals surface area contributed by atoms with Gasteiger partial charge in [-0.05, 0) is 87.4 Å². The Hall–Kier alpha value is -3.23. The van der Waals surface area contributed by atoms with Gasteiger partial charge in [0.05, 0.1) is 17.8 Å². The highest BCUT2D eigenvalue weighted by atomic mass is 32.1. The molecule has 1 aliphatic heterocycles. The first-order chi connectivity index (χ1) is 16.2. The Kier molecular flexibility index (Phi) is 6.72. The Balaban J connectivity index is 1.74. The van der Waals surface area contributed by atoms with E-state index in [-0.39, 0.29) is 30.1 Å². The summed E-state index contributed by atoms with van der Waals surface area (Å²) in [5.41, 5.74) is 4.69. The summed E-state index contributed by atoms with van der Waals surface area (Å²) in [4.78, 5) is 18.8. The number of aryl methyl sites for hydroxylation is 1. The van der Waals surface area contributed by atoms with Gasteiger partial charge in [0.15, 0.2) is 5.11 Å². The molecule has 1 aliphatic rings. The van der Waals surface area contributed by atoms with Crippen molar-refractivity contribution >= 4 is 34.6 Å². The van der Waals surface area contributed by atoms with Crippen LogP contribution in [0.3, 0.4) is 0 Å². The minimum atomic E-state index is -0.187. The van der Waals surface area contributed by atoms with Crippen LogP contribution in [-0.4, -0.2) is 34.3 Å². The quantitative estimate of drug-likeness (QED) is 0.501. The number of nitrogens with one attached hydrogen (secondary N) is 2. The van der Waals surface area contributed by atoms with Crippen molar-refractivity contribution in [2.24, 2.45) is 0 Å². The van der Waals surface area contributed by atoms with Gasteiger partial charge in [0.2, 0.25) is 5.91 Å². The van der Waals surface area contributed by atoms with Crippen LogP contribution < -0.4 is 15.5 Å². The fraction of sp³-hybridized carbons (Fsp3) is 0.346. The van der Waals surface area contributed by atoms with Crippen molar-refractivity contribution < 1.29 is 9.53 Å². The maximum Gasteiger partial charge on any atom is 0.250 e. The predicted molar refractivity (Wildman–Crippen MR) is 139 cm³/mol. The second-order valence-corrected chi connectivity index (χ2v) is 9.89. The molecule has 0 radical (unpaired) electrons. The smallest absolute Gasteiger partial charge is 0.250 e. The van der Waals surface area contributed by atoms with Crippen LogP contribution >= 0.6 is 12.2 Å². The zero-order chi connectivity index (χ0) is 24.5. The summed E-state index contributed by atoms with van der Waals surface area (Å²) in [6.45, 7) is 8.53. The molecule has 7 nitrogen and oxygen atoms in total. The number of rotatable bonds is 6. The first kappa shape index (κ1) is 23.9. The first-order valence-electron chi connectivity index (χ1n) is 11.3. The molecular weight excluding hydrogens is 446 g/mol. The van der Waals surface area contributed by atoms with E-state index in [1.54, 1.807) is 0 Å². The molecule has 1 fully saturated rings. The Morgan fingerprint density at radius 2 is 2.03 bits per heavy atom. The van der Waals surface area contributed by atoms with E-state index in [4.69, 9.17) is 17.0 Å². The van der Waals surface area contributed by atoms with Crippen molar-refractivity contribution in [2.75, 3.05) is 23.9 Å². The molecule has 0 bridgehead atoms. The third kappa shape index (κ3) is 4.83. The van der Waals surface area contributed by atoms with Crippen LogP contribution in [0.5, 0.6) is 0 Å². The van der Waals surface area contributed by atoms with Crippen LogP contribution in [0.1, 0.15) is 49.7 Å². The zero-order valence-electron chi connectivity index (χ0n) is 20.2. The molecule has 34 heavy (non-hydrogen) atoms. The lowest BCUT2D eigenvalue weighted by Crippen LogP contribution is -2.29. The number of methoxy groups -OCH3 is 1. The van der Waals surface area contributed by atoms with E-state index in [0.29, 0.717) is 5.11 Å². The molecule has 178 valence electrons. The number of carbonyl (C=O) groups excluding carboxylic acids is 1. The van der Waals surface area contributed by atoms with E-state index in [1.807, 2.05) is 49.5 Å². The zero-order valence-corrected chi connectivity index (χ0v) is 21.0. The molecular formula is C26H31N5O2S. The number of hydrogen-bond donors (Lipinski definition) is 2. The molecule has 0 saturated carbocycles. The Labute approximate surface area is 206 Å². The number of aromatic nitrogens is 2. The standard InChI is InChI=1S/C26H31N5O2S/c1-17-14-19(9-10-20(17)28-22(32)16-33-5)31-24(18-11-13-30(15-18)26(2,3)4)23(29-25(31)34)21-8-6-7-12-27-21/h6-15,23-24H,16H2,1-5H3,(H,28,32)(H,29,34)/t23-,24+/m0/s1. The van der Waals surface area contributed by atoms with Crippen LogP contribution in [-0.2, 0) is 15.1 Å². The van der Waals surface area contributed by atoms with Gasteiger partial charge in [0.1, 0.15) is 6.61 Å². The highest BCUT2D eigenvalue weighted by Gasteiger charge is 2.41. The van der Waals surface area contributed by atoms with Gasteiger partial charge < -0.3 is 24.8 Å². The molecule has 1 amide bonds. The monoisotopic (exact) mass is 477 g/mol. The number of anilines is 2. The highest BCUT2D eigenvalue weighted by Crippen LogP contribution is 2.42. The number of ether oxygens (including phenoxy) is 1. The van der Waals surface area contributed by atoms with Crippen molar-refractivity contribution in [3.63, 3.8) is 0 Å². The van der Waals surface area contributed by atoms with Gasteiger partial charge in [0.25, 0.3) is 0 Å². The number of carbonyl (C=O) groups is 1. The van der Waals surface area contributed by atoms with Gasteiger partial charge >= 0.3 is 0 Å². The number of pyridine rings is 1. The van der Waals surface area contributed by atoms with Gasteiger partial charge in [-0.2, -0.15) is 0 Å². The molecule has 3 heterocycles. The van der Waals surface area contributed by atoms with Gasteiger partial charge in [-0.25, -0.2) is 0 Å². The molecule has 2 aromatic heterocycles. The van der Waals surface area contributed by atoms with Crippen molar-refractivity contribution in [2.45, 2.75) is 45.3 Å². The van der Waals surface area contributed by atoms with Gasteiger partial charge in [-0.3, -0.25) is 9.78 Å². The number of thiocarbonyl (C=S) groups is 1. The fourth-order valence-electron chi connectivity index (χ4n) is 4.23. The minimum Gasteiger partial charge on any atom is -0.375 e. The van der Waals surface area contributed by atoms with Crippen LogP contribution in [0.25, 0.3) is 0 Å². The molecule has 0 aliphatic carbocycles. The number of nitrogens with zero attached hydrogens (tertiary/aromatic N) is 3. The Morgan fingerprint density at radius 3 is 2.65 bits per heavy atom. The normalized spacial score (nSPS) is 18.1. The second-order valence-electron chi connectivity index (χ2n) is 9.50. The summed E-state index contributed by atoms with van der Waals surface area (Å²) in [5, 5.41) is 7.03. The van der Waals surface area contributed by atoms with Crippen LogP contribution in [0, 0.1) is 6.92 Å². The van der Waals surface area contributed by atoms with E-state index in [0.717, 1.165) is 28.2 Å². The molecule has 3 aromatic rings. The molecule has 1 aromatic carbocycles. The average Bonchev–Trinajstić information content (AvgIpc) is 3.41. The van der Waals surface area contributed by atoms with E-state index >= 15 is 0 Å². The van der Waals surface area contributed by atoms with E-state index < -0.39 is 0 Å². The molecule has 8 heteroatoms. The highest BCUT2D eigenvalue weighted by molar-refractivity contribution is 7.80. The van der Waals surface area contributed by atoms with Crippen molar-refractivity contribution in [3.05, 3.63) is 77.9 Å². The molecule has 0 unspecified atom stereocenters. The average molecular weight is 478 g/mol. The van der Waals surface area contributed by atoms with Gasteiger partial charge in [-0.1, -0.05) is 6.07 Å². The molecule has 0 spiro atoms. The summed E-state index contributed by atoms with van der Waals surface area (Å²) in [7, 11) is 1.50. The summed E-state index contributed by atoms with van der Waals surface area (Å²) >= 11 is 5.83.